The van der Waals surface area contributed by atoms with Crippen LogP contribution in [0, 0.1) is 17.8 Å². The fourth-order valence-corrected chi connectivity index (χ4v) is 2.55. The van der Waals surface area contributed by atoms with Gasteiger partial charge >= 0.3 is 0 Å². The van der Waals surface area contributed by atoms with E-state index in [-0.39, 0.29) is 0 Å². The monoisotopic (exact) mass is 182 g/mol. The van der Waals surface area contributed by atoms with Crippen molar-refractivity contribution in [2.45, 2.75) is 65.7 Å². The van der Waals surface area contributed by atoms with Crippen molar-refractivity contribution in [2.24, 2.45) is 17.8 Å². The summed E-state index contributed by atoms with van der Waals surface area (Å²) in [7, 11) is 0. The first-order valence-electron chi connectivity index (χ1n) is 6.22. The summed E-state index contributed by atoms with van der Waals surface area (Å²) < 4.78 is 0. The summed E-state index contributed by atoms with van der Waals surface area (Å²) in [4.78, 5) is 0. The molecular weight excluding hydrogens is 156 g/mol. The third-order valence-electron chi connectivity index (χ3n) is 4.11. The van der Waals surface area contributed by atoms with Crippen LogP contribution in [-0.4, -0.2) is 0 Å². The first-order valence-corrected chi connectivity index (χ1v) is 6.22. The fraction of sp³-hybridized carbons (Fsp3) is 1.00. The highest BCUT2D eigenvalue weighted by Crippen LogP contribution is 2.30. The van der Waals surface area contributed by atoms with Gasteiger partial charge < -0.3 is 0 Å². The minimum absolute atomic E-state index is 0.943. The van der Waals surface area contributed by atoms with E-state index in [1.54, 1.807) is 0 Å². The SMILES string of the molecule is CC1CCCCCCCC(C)C1C. The predicted octanol–water partition coefficient (Wildman–Crippen LogP) is 4.64. The largest absolute Gasteiger partial charge is 0.0622 e. The van der Waals surface area contributed by atoms with Crippen molar-refractivity contribution in [3.8, 4) is 0 Å². The lowest BCUT2D eigenvalue weighted by Crippen LogP contribution is -2.17. The van der Waals surface area contributed by atoms with Gasteiger partial charge in [-0.2, -0.15) is 0 Å². The lowest BCUT2D eigenvalue weighted by Gasteiger charge is -2.27. The maximum atomic E-state index is 2.46. The minimum atomic E-state index is 0.943. The van der Waals surface area contributed by atoms with Gasteiger partial charge in [0.1, 0.15) is 0 Å². The van der Waals surface area contributed by atoms with Gasteiger partial charge in [0.2, 0.25) is 0 Å². The van der Waals surface area contributed by atoms with Crippen molar-refractivity contribution in [1.29, 1.82) is 0 Å². The van der Waals surface area contributed by atoms with Gasteiger partial charge in [-0.25, -0.2) is 0 Å². The summed E-state index contributed by atoms with van der Waals surface area (Å²) in [5.74, 6) is 2.85. The summed E-state index contributed by atoms with van der Waals surface area (Å²) in [5.41, 5.74) is 0. The Labute approximate surface area is 84.1 Å². The maximum Gasteiger partial charge on any atom is -0.0391 e. The maximum absolute atomic E-state index is 2.46. The molecule has 0 spiro atoms. The average Bonchev–Trinajstić information content (AvgIpc) is 2.13. The Morgan fingerprint density at radius 2 is 1.00 bits per heavy atom. The van der Waals surface area contributed by atoms with Crippen LogP contribution in [0.1, 0.15) is 65.7 Å². The van der Waals surface area contributed by atoms with Crippen molar-refractivity contribution >= 4 is 0 Å². The minimum Gasteiger partial charge on any atom is -0.0622 e. The fourth-order valence-electron chi connectivity index (χ4n) is 2.55. The molecule has 1 aliphatic rings. The van der Waals surface area contributed by atoms with E-state index < -0.39 is 0 Å². The van der Waals surface area contributed by atoms with Crippen LogP contribution in [0.2, 0.25) is 0 Å². The van der Waals surface area contributed by atoms with Gasteiger partial charge in [0.15, 0.2) is 0 Å². The molecule has 1 aliphatic carbocycles. The molecule has 0 aromatic heterocycles. The zero-order chi connectivity index (χ0) is 9.68. The molecular formula is C13H26. The van der Waals surface area contributed by atoms with Gasteiger partial charge in [-0.3, -0.25) is 0 Å². The standard InChI is InChI=1S/C13H26/c1-11-9-7-5-4-6-8-10-12(2)13(11)3/h11-13H,4-10H2,1-3H3. The molecule has 0 bridgehead atoms. The van der Waals surface area contributed by atoms with Gasteiger partial charge in [0.05, 0.1) is 0 Å². The van der Waals surface area contributed by atoms with Gasteiger partial charge in [-0.15, -0.1) is 0 Å². The predicted molar refractivity (Wildman–Crippen MR) is 59.8 cm³/mol. The molecule has 0 radical (unpaired) electrons. The molecule has 0 amide bonds. The Bertz CT molecular complexity index is 114. The smallest absolute Gasteiger partial charge is 0.0391 e. The Morgan fingerprint density at radius 1 is 0.615 bits per heavy atom. The van der Waals surface area contributed by atoms with Crippen LogP contribution in [0.25, 0.3) is 0 Å². The van der Waals surface area contributed by atoms with Crippen LogP contribution < -0.4 is 0 Å². The highest BCUT2D eigenvalue weighted by Gasteiger charge is 2.19. The lowest BCUT2D eigenvalue weighted by molar-refractivity contribution is 0.237. The van der Waals surface area contributed by atoms with Crippen LogP contribution in [0.15, 0.2) is 0 Å². The summed E-state index contributed by atoms with van der Waals surface area (Å²) in [6.07, 6.45) is 10.3. The summed E-state index contributed by atoms with van der Waals surface area (Å²) in [6, 6.07) is 0. The molecule has 0 aliphatic heterocycles. The first kappa shape index (κ1) is 11.1. The van der Waals surface area contributed by atoms with E-state index in [1.807, 2.05) is 0 Å². The third-order valence-corrected chi connectivity index (χ3v) is 4.11. The van der Waals surface area contributed by atoms with Crippen molar-refractivity contribution in [2.75, 3.05) is 0 Å². The normalized spacial score (nSPS) is 38.5. The molecule has 13 heavy (non-hydrogen) atoms. The molecule has 78 valence electrons. The Hall–Kier alpha value is 0. The van der Waals surface area contributed by atoms with E-state index in [0.29, 0.717) is 0 Å². The summed E-state index contributed by atoms with van der Waals surface area (Å²) >= 11 is 0. The van der Waals surface area contributed by atoms with E-state index in [9.17, 15) is 0 Å². The van der Waals surface area contributed by atoms with E-state index in [4.69, 9.17) is 0 Å². The van der Waals surface area contributed by atoms with Gasteiger partial charge in [-0.1, -0.05) is 65.7 Å². The molecule has 1 fully saturated rings. The average molecular weight is 182 g/mol. The quantitative estimate of drug-likeness (QED) is 0.512. The molecule has 0 nitrogen and oxygen atoms in total. The Kier molecular flexibility index (Phi) is 4.83. The van der Waals surface area contributed by atoms with E-state index in [0.717, 1.165) is 17.8 Å². The molecule has 2 atom stereocenters. The number of hydrogen-bond donors (Lipinski definition) is 0. The first-order chi connectivity index (χ1) is 6.22. The second-order valence-corrected chi connectivity index (χ2v) is 5.16. The molecule has 0 aromatic carbocycles. The zero-order valence-electron chi connectivity index (χ0n) is 9.68. The van der Waals surface area contributed by atoms with E-state index >= 15 is 0 Å². The van der Waals surface area contributed by atoms with Crippen LogP contribution in [0.3, 0.4) is 0 Å². The molecule has 1 rings (SSSR count). The van der Waals surface area contributed by atoms with Crippen LogP contribution >= 0.6 is 0 Å². The third kappa shape index (κ3) is 3.70. The van der Waals surface area contributed by atoms with Crippen molar-refractivity contribution in [3.63, 3.8) is 0 Å². The molecule has 0 saturated heterocycles. The highest BCUT2D eigenvalue weighted by atomic mass is 14.2. The molecule has 0 aromatic rings. The summed E-state index contributed by atoms with van der Waals surface area (Å²) in [6.45, 7) is 7.35. The van der Waals surface area contributed by atoms with Crippen molar-refractivity contribution in [1.82, 2.24) is 0 Å². The highest BCUT2D eigenvalue weighted by molar-refractivity contribution is 4.69. The van der Waals surface area contributed by atoms with E-state index in [1.165, 1.54) is 44.9 Å². The second kappa shape index (κ2) is 5.67. The van der Waals surface area contributed by atoms with Crippen molar-refractivity contribution in [3.05, 3.63) is 0 Å². The van der Waals surface area contributed by atoms with Gasteiger partial charge in [0.25, 0.3) is 0 Å². The lowest BCUT2D eigenvalue weighted by atomic mass is 9.79. The van der Waals surface area contributed by atoms with Gasteiger partial charge in [0, 0.05) is 0 Å². The van der Waals surface area contributed by atoms with Crippen LogP contribution in [-0.2, 0) is 0 Å². The van der Waals surface area contributed by atoms with Crippen LogP contribution in [0.5, 0.6) is 0 Å². The number of rotatable bonds is 0. The molecule has 1 saturated carbocycles. The zero-order valence-corrected chi connectivity index (χ0v) is 9.68. The molecule has 0 heterocycles. The second-order valence-electron chi connectivity index (χ2n) is 5.16. The Balaban J connectivity index is 2.40. The molecule has 0 N–H and O–H groups in total. The van der Waals surface area contributed by atoms with Crippen LogP contribution in [0.4, 0.5) is 0 Å². The molecule has 2 unspecified atom stereocenters. The molecule has 0 heteroatoms. The van der Waals surface area contributed by atoms with E-state index in [2.05, 4.69) is 20.8 Å². The number of hydrogen-bond acceptors (Lipinski definition) is 0. The Morgan fingerprint density at radius 3 is 1.46 bits per heavy atom. The topological polar surface area (TPSA) is 0 Å². The summed E-state index contributed by atoms with van der Waals surface area (Å²) in [5, 5.41) is 0. The van der Waals surface area contributed by atoms with Crippen molar-refractivity contribution < 1.29 is 0 Å². The van der Waals surface area contributed by atoms with Gasteiger partial charge in [-0.05, 0) is 17.8 Å².